The summed E-state index contributed by atoms with van der Waals surface area (Å²) in [5.74, 6) is -0.0452. The van der Waals surface area contributed by atoms with E-state index in [2.05, 4.69) is 15.4 Å². The first-order chi connectivity index (χ1) is 11.4. The Morgan fingerprint density at radius 1 is 1.42 bits per heavy atom. The van der Waals surface area contributed by atoms with Crippen molar-refractivity contribution in [2.45, 2.75) is 52.5 Å². The van der Waals surface area contributed by atoms with Gasteiger partial charge in [-0.3, -0.25) is 19.4 Å². The highest BCUT2D eigenvalue weighted by Crippen LogP contribution is 2.20. The first-order valence-corrected chi connectivity index (χ1v) is 8.34. The molecule has 0 bridgehead atoms. The highest BCUT2D eigenvalue weighted by atomic mass is 16.3. The van der Waals surface area contributed by atoms with Crippen LogP contribution in [0.1, 0.15) is 43.0 Å². The zero-order valence-corrected chi connectivity index (χ0v) is 14.8. The molecule has 0 radical (unpaired) electrons. The molecule has 24 heavy (non-hydrogen) atoms. The van der Waals surface area contributed by atoms with E-state index in [4.69, 9.17) is 5.11 Å². The number of rotatable bonds is 7. The standard InChI is InChI=1S/C17H26N4O3/c1-5-12(8-9-22)19-14(23)7-6-13-10(2)15-16(18-11(13)3)20-21(4)17(15)24/h12,22H,5-9H2,1-4H3,(H,18,20)(H,19,23). The lowest BCUT2D eigenvalue weighted by atomic mass is 10.00. The van der Waals surface area contributed by atoms with Gasteiger partial charge in [-0.1, -0.05) is 6.92 Å². The Bertz CT molecular complexity index is 791. The number of aliphatic hydroxyl groups excluding tert-OH is 1. The molecule has 132 valence electrons. The van der Waals surface area contributed by atoms with Crippen molar-refractivity contribution in [3.8, 4) is 0 Å². The topological polar surface area (TPSA) is 100 Å². The molecule has 2 aromatic heterocycles. The second kappa shape index (κ2) is 7.61. The van der Waals surface area contributed by atoms with Gasteiger partial charge in [-0.05, 0) is 44.2 Å². The predicted octanol–water partition coefficient (Wildman–Crippen LogP) is 1.09. The number of H-pyrrole nitrogens is 1. The average Bonchev–Trinajstić information content (AvgIpc) is 2.81. The summed E-state index contributed by atoms with van der Waals surface area (Å²) in [6, 6.07) is 0.00210. The molecule has 0 aromatic carbocycles. The number of aromatic nitrogens is 3. The van der Waals surface area contributed by atoms with Crippen LogP contribution >= 0.6 is 0 Å². The fourth-order valence-corrected chi connectivity index (χ4v) is 3.05. The third-order valence-corrected chi connectivity index (χ3v) is 4.51. The van der Waals surface area contributed by atoms with Crippen LogP contribution in [0.3, 0.4) is 0 Å². The molecule has 0 aliphatic heterocycles. The number of hydrogen-bond acceptors (Lipinski definition) is 4. The van der Waals surface area contributed by atoms with Crippen LogP contribution in [0.25, 0.3) is 11.0 Å². The zero-order valence-electron chi connectivity index (χ0n) is 14.8. The van der Waals surface area contributed by atoms with Gasteiger partial charge in [0.1, 0.15) is 0 Å². The normalized spacial score (nSPS) is 12.5. The Morgan fingerprint density at radius 2 is 2.12 bits per heavy atom. The average molecular weight is 334 g/mol. The molecule has 0 fully saturated rings. The van der Waals surface area contributed by atoms with Crippen LogP contribution in [0.5, 0.6) is 0 Å². The number of hydrogen-bond donors (Lipinski definition) is 3. The molecule has 0 spiro atoms. The number of aliphatic hydroxyl groups is 1. The molecule has 1 amide bonds. The van der Waals surface area contributed by atoms with E-state index in [0.29, 0.717) is 30.3 Å². The van der Waals surface area contributed by atoms with Gasteiger partial charge in [-0.15, -0.1) is 0 Å². The van der Waals surface area contributed by atoms with E-state index < -0.39 is 0 Å². The fourth-order valence-electron chi connectivity index (χ4n) is 3.05. The number of aryl methyl sites for hydroxylation is 3. The Hall–Kier alpha value is -2.15. The van der Waals surface area contributed by atoms with E-state index in [0.717, 1.165) is 23.2 Å². The number of amides is 1. The van der Waals surface area contributed by atoms with E-state index in [1.54, 1.807) is 7.05 Å². The molecule has 1 atom stereocenters. The van der Waals surface area contributed by atoms with Crippen molar-refractivity contribution in [2.24, 2.45) is 7.05 Å². The summed E-state index contributed by atoms with van der Waals surface area (Å²) in [5.41, 5.74) is 3.14. The Kier molecular flexibility index (Phi) is 5.77. The maximum absolute atomic E-state index is 12.2. The van der Waals surface area contributed by atoms with Gasteiger partial charge < -0.3 is 10.4 Å². The monoisotopic (exact) mass is 334 g/mol. The Morgan fingerprint density at radius 3 is 2.75 bits per heavy atom. The summed E-state index contributed by atoms with van der Waals surface area (Å²) >= 11 is 0. The molecule has 0 saturated heterocycles. The minimum Gasteiger partial charge on any atom is -0.396 e. The van der Waals surface area contributed by atoms with Gasteiger partial charge in [0.25, 0.3) is 5.56 Å². The molecule has 7 nitrogen and oxygen atoms in total. The van der Waals surface area contributed by atoms with Gasteiger partial charge in [-0.2, -0.15) is 0 Å². The number of pyridine rings is 1. The van der Waals surface area contributed by atoms with E-state index in [1.165, 1.54) is 4.68 Å². The summed E-state index contributed by atoms with van der Waals surface area (Å²) in [6.07, 6.45) is 2.22. The van der Waals surface area contributed by atoms with E-state index >= 15 is 0 Å². The number of aromatic amines is 1. The summed E-state index contributed by atoms with van der Waals surface area (Å²) in [7, 11) is 1.66. The highest BCUT2D eigenvalue weighted by Gasteiger charge is 2.16. The summed E-state index contributed by atoms with van der Waals surface area (Å²) < 4.78 is 1.42. The molecule has 1 unspecified atom stereocenters. The van der Waals surface area contributed by atoms with E-state index in [1.807, 2.05) is 20.8 Å². The molecule has 2 heterocycles. The predicted molar refractivity (Wildman–Crippen MR) is 93.1 cm³/mol. The third-order valence-electron chi connectivity index (χ3n) is 4.51. The lowest BCUT2D eigenvalue weighted by molar-refractivity contribution is -0.121. The maximum atomic E-state index is 12.2. The zero-order chi connectivity index (χ0) is 17.9. The third kappa shape index (κ3) is 3.67. The van der Waals surface area contributed by atoms with Crippen LogP contribution in [0.2, 0.25) is 0 Å². The molecule has 0 saturated carbocycles. The molecule has 2 aromatic rings. The SMILES string of the molecule is CCC(CCO)NC(=O)CCc1c(C)nc2[nH]n(C)c(=O)c2c1C. The van der Waals surface area contributed by atoms with Gasteiger partial charge >= 0.3 is 0 Å². The van der Waals surface area contributed by atoms with Crippen molar-refractivity contribution >= 4 is 16.9 Å². The molecule has 0 aliphatic rings. The molecular weight excluding hydrogens is 308 g/mol. The molecule has 2 rings (SSSR count). The fraction of sp³-hybridized carbons (Fsp3) is 0.588. The number of nitrogens with one attached hydrogen (secondary N) is 2. The van der Waals surface area contributed by atoms with E-state index in [-0.39, 0.29) is 24.1 Å². The van der Waals surface area contributed by atoms with Crippen LogP contribution in [0.4, 0.5) is 0 Å². The number of nitrogens with zero attached hydrogens (tertiary/aromatic N) is 2. The molecule has 0 aliphatic carbocycles. The molecule has 7 heteroatoms. The van der Waals surface area contributed by atoms with Crippen molar-refractivity contribution < 1.29 is 9.90 Å². The first kappa shape index (κ1) is 18.2. The van der Waals surface area contributed by atoms with Crippen LogP contribution in [0, 0.1) is 13.8 Å². The lowest BCUT2D eigenvalue weighted by Gasteiger charge is -2.16. The smallest absolute Gasteiger partial charge is 0.276 e. The van der Waals surface area contributed by atoms with Gasteiger partial charge in [0.15, 0.2) is 5.65 Å². The van der Waals surface area contributed by atoms with Gasteiger partial charge in [0.05, 0.1) is 5.39 Å². The second-order valence-corrected chi connectivity index (χ2v) is 6.19. The summed E-state index contributed by atoms with van der Waals surface area (Å²) in [6.45, 7) is 5.84. The van der Waals surface area contributed by atoms with Crippen LogP contribution in [-0.4, -0.2) is 38.4 Å². The van der Waals surface area contributed by atoms with Crippen molar-refractivity contribution in [3.63, 3.8) is 0 Å². The number of fused-ring (bicyclic) bond motifs is 1. The van der Waals surface area contributed by atoms with Gasteiger partial charge in [0.2, 0.25) is 5.91 Å². The second-order valence-electron chi connectivity index (χ2n) is 6.19. The van der Waals surface area contributed by atoms with Crippen LogP contribution in [0.15, 0.2) is 4.79 Å². The molecule has 3 N–H and O–H groups in total. The Labute approximate surface area is 141 Å². The van der Waals surface area contributed by atoms with Crippen LogP contribution in [-0.2, 0) is 18.3 Å². The maximum Gasteiger partial charge on any atom is 0.276 e. The first-order valence-electron chi connectivity index (χ1n) is 8.34. The Balaban J connectivity index is 2.17. The van der Waals surface area contributed by atoms with Gasteiger partial charge in [0, 0.05) is 31.8 Å². The van der Waals surface area contributed by atoms with Gasteiger partial charge in [-0.25, -0.2) is 4.98 Å². The van der Waals surface area contributed by atoms with E-state index in [9.17, 15) is 9.59 Å². The van der Waals surface area contributed by atoms with Crippen molar-refractivity contribution in [1.82, 2.24) is 20.1 Å². The largest absolute Gasteiger partial charge is 0.396 e. The number of carbonyl (C=O) groups excluding carboxylic acids is 1. The van der Waals surface area contributed by atoms with Crippen molar-refractivity contribution in [3.05, 3.63) is 27.2 Å². The quantitative estimate of drug-likeness (QED) is 0.705. The lowest BCUT2D eigenvalue weighted by Crippen LogP contribution is -2.35. The van der Waals surface area contributed by atoms with Crippen molar-refractivity contribution in [1.29, 1.82) is 0 Å². The van der Waals surface area contributed by atoms with Crippen molar-refractivity contribution in [2.75, 3.05) is 6.61 Å². The minimum absolute atomic E-state index is 0.00210. The molecular formula is C17H26N4O3. The summed E-state index contributed by atoms with van der Waals surface area (Å²) in [4.78, 5) is 28.8. The van der Waals surface area contributed by atoms with Crippen LogP contribution < -0.4 is 10.9 Å². The highest BCUT2D eigenvalue weighted by molar-refractivity contribution is 5.80. The summed E-state index contributed by atoms with van der Waals surface area (Å²) in [5, 5.41) is 15.5. The minimum atomic E-state index is -0.102. The number of carbonyl (C=O) groups is 1.